The molecule has 0 saturated carbocycles. The van der Waals surface area contributed by atoms with E-state index >= 15 is 0 Å². The summed E-state index contributed by atoms with van der Waals surface area (Å²) in [5.41, 5.74) is 0. The summed E-state index contributed by atoms with van der Waals surface area (Å²) in [7, 11) is 1.21. The number of nitrogens with one attached hydrogen (secondary N) is 1. The third-order valence-corrected chi connectivity index (χ3v) is 1.07. The molecule has 7 heteroatoms. The van der Waals surface area contributed by atoms with Crippen molar-refractivity contribution in [2.75, 3.05) is 13.7 Å². The zero-order valence-corrected chi connectivity index (χ0v) is 6.39. The minimum Gasteiger partial charge on any atom is -0.387 e. The van der Waals surface area contributed by atoms with Gasteiger partial charge in [0.15, 0.2) is 0 Å². The topological polar surface area (TPSA) is 110 Å². The van der Waals surface area contributed by atoms with Crippen LogP contribution in [0.1, 0.15) is 0 Å². The number of carbonyl (C=O) groups is 2. The van der Waals surface area contributed by atoms with E-state index in [4.69, 9.17) is 15.3 Å². The van der Waals surface area contributed by atoms with E-state index in [-0.39, 0.29) is 4.90 Å². The van der Waals surface area contributed by atoms with Crippen molar-refractivity contribution in [2.45, 2.75) is 6.41 Å². The molecule has 3 amide bonds. The Morgan fingerprint density at radius 1 is 1.50 bits per heavy atom. The highest BCUT2D eigenvalue weighted by Crippen LogP contribution is 1.94. The van der Waals surface area contributed by atoms with Gasteiger partial charge in [0.05, 0.1) is 0 Å². The Kier molecular flexibility index (Phi) is 4.19. The second-order valence-electron chi connectivity index (χ2n) is 1.82. The number of hydrogen-bond acceptors (Lipinski definition) is 5. The lowest BCUT2D eigenvalue weighted by atomic mass is 10.5. The number of carbonyl (C=O) groups excluding carboxylic acids is 2. The fourth-order valence-corrected chi connectivity index (χ4v) is 0.544. The highest BCUT2D eigenvalue weighted by molar-refractivity contribution is 5.94. The number of amides is 3. The summed E-state index contributed by atoms with van der Waals surface area (Å²) in [6.07, 6.45) is -2.25. The molecule has 0 bridgehead atoms. The van der Waals surface area contributed by atoms with Crippen molar-refractivity contribution in [1.29, 1.82) is 0 Å². The summed E-state index contributed by atoms with van der Waals surface area (Å²) in [6, 6.07) is -0.996. The lowest BCUT2D eigenvalue weighted by Crippen LogP contribution is -2.49. The molecule has 0 heterocycles. The SMILES string of the molecule is CNC(=O)N(C(=O)CO)C(O)O. The monoisotopic (exact) mass is 178 g/mol. The lowest BCUT2D eigenvalue weighted by Gasteiger charge is -2.20. The Labute approximate surface area is 68.2 Å². The normalized spacial score (nSPS) is 9.75. The van der Waals surface area contributed by atoms with Crippen molar-refractivity contribution in [1.82, 2.24) is 10.2 Å². The number of hydrogen-bond donors (Lipinski definition) is 4. The molecule has 70 valence electrons. The fourth-order valence-electron chi connectivity index (χ4n) is 0.544. The average molecular weight is 178 g/mol. The first-order chi connectivity index (χ1) is 5.54. The predicted octanol–water partition coefficient (Wildman–Crippen LogP) is -2.59. The molecule has 0 rings (SSSR count). The molecule has 0 fully saturated rings. The number of urea groups is 1. The molecule has 7 nitrogen and oxygen atoms in total. The number of rotatable bonds is 2. The van der Waals surface area contributed by atoms with E-state index in [2.05, 4.69) is 0 Å². The number of nitrogens with zero attached hydrogens (tertiary/aromatic N) is 1. The van der Waals surface area contributed by atoms with Crippen molar-refractivity contribution in [2.24, 2.45) is 0 Å². The van der Waals surface area contributed by atoms with E-state index in [1.807, 2.05) is 5.32 Å². The van der Waals surface area contributed by atoms with Crippen molar-refractivity contribution in [3.8, 4) is 0 Å². The van der Waals surface area contributed by atoms with Crippen LogP contribution in [0.2, 0.25) is 0 Å². The van der Waals surface area contributed by atoms with E-state index in [0.717, 1.165) is 0 Å². The minimum absolute atomic E-state index is 0.0833. The van der Waals surface area contributed by atoms with Crippen molar-refractivity contribution >= 4 is 11.9 Å². The first kappa shape index (κ1) is 10.8. The van der Waals surface area contributed by atoms with Crippen LogP contribution in [0.25, 0.3) is 0 Å². The second-order valence-corrected chi connectivity index (χ2v) is 1.82. The molecule has 12 heavy (non-hydrogen) atoms. The first-order valence-electron chi connectivity index (χ1n) is 3.05. The van der Waals surface area contributed by atoms with Gasteiger partial charge in [0.1, 0.15) is 6.61 Å². The molecular weight excluding hydrogens is 168 g/mol. The van der Waals surface area contributed by atoms with Gasteiger partial charge in [-0.25, -0.2) is 9.69 Å². The fraction of sp³-hybridized carbons (Fsp3) is 0.600. The first-order valence-corrected chi connectivity index (χ1v) is 3.05. The average Bonchev–Trinajstić information content (AvgIpc) is 2.03. The maximum atomic E-state index is 10.7. The van der Waals surface area contributed by atoms with Crippen molar-refractivity contribution in [3.05, 3.63) is 0 Å². The Morgan fingerprint density at radius 2 is 2.00 bits per heavy atom. The zero-order valence-electron chi connectivity index (χ0n) is 6.39. The van der Waals surface area contributed by atoms with E-state index < -0.39 is 25.0 Å². The van der Waals surface area contributed by atoms with Gasteiger partial charge in [-0.15, -0.1) is 0 Å². The molecular formula is C5H10N2O5. The Hall–Kier alpha value is -1.18. The molecule has 0 unspecified atom stereocenters. The van der Waals surface area contributed by atoms with Crippen LogP contribution in [0.3, 0.4) is 0 Å². The quantitative estimate of drug-likeness (QED) is 0.347. The van der Waals surface area contributed by atoms with Gasteiger partial charge in [0.25, 0.3) is 5.91 Å². The molecule has 0 aliphatic rings. The standard InChI is InChI=1S/C5H10N2O5/c1-6-4(10)7(5(11)12)3(9)2-8/h5,8,11-12H,2H2,1H3,(H,6,10). The molecule has 0 spiro atoms. The van der Waals surface area contributed by atoms with Crippen LogP contribution in [-0.4, -0.2) is 52.2 Å². The summed E-state index contributed by atoms with van der Waals surface area (Å²) in [5.74, 6) is -1.09. The largest absolute Gasteiger partial charge is 0.387 e. The maximum absolute atomic E-state index is 10.7. The van der Waals surface area contributed by atoms with Gasteiger partial charge in [0, 0.05) is 7.05 Å². The van der Waals surface area contributed by atoms with Crippen molar-refractivity contribution < 1.29 is 24.9 Å². The van der Waals surface area contributed by atoms with Crippen LogP contribution >= 0.6 is 0 Å². The predicted molar refractivity (Wildman–Crippen MR) is 36.6 cm³/mol. The Bertz CT molecular complexity index is 165. The van der Waals surface area contributed by atoms with Crippen LogP contribution in [-0.2, 0) is 4.79 Å². The lowest BCUT2D eigenvalue weighted by molar-refractivity contribution is -0.165. The summed E-state index contributed by atoms with van der Waals surface area (Å²) in [4.78, 5) is 21.4. The number of aliphatic hydroxyl groups excluding tert-OH is 2. The summed E-state index contributed by atoms with van der Waals surface area (Å²) < 4.78 is 0. The number of imide groups is 1. The Balaban J connectivity index is 4.43. The third-order valence-electron chi connectivity index (χ3n) is 1.07. The van der Waals surface area contributed by atoms with Crippen molar-refractivity contribution in [3.63, 3.8) is 0 Å². The molecule has 0 aliphatic heterocycles. The molecule has 0 aromatic heterocycles. The molecule has 0 atom stereocenters. The summed E-state index contributed by atoms with van der Waals surface area (Å²) in [5, 5.41) is 27.3. The third kappa shape index (κ3) is 2.46. The van der Waals surface area contributed by atoms with Gasteiger partial charge >= 0.3 is 6.03 Å². The van der Waals surface area contributed by atoms with Gasteiger partial charge in [0.2, 0.25) is 6.41 Å². The van der Waals surface area contributed by atoms with E-state index in [9.17, 15) is 9.59 Å². The molecule has 0 aromatic carbocycles. The Morgan fingerprint density at radius 3 is 2.25 bits per heavy atom. The van der Waals surface area contributed by atoms with E-state index in [1.54, 1.807) is 0 Å². The van der Waals surface area contributed by atoms with Crippen LogP contribution in [0.15, 0.2) is 0 Å². The van der Waals surface area contributed by atoms with Crippen LogP contribution in [0, 0.1) is 0 Å². The van der Waals surface area contributed by atoms with Crippen LogP contribution in [0.5, 0.6) is 0 Å². The van der Waals surface area contributed by atoms with Gasteiger partial charge in [-0.3, -0.25) is 4.79 Å². The van der Waals surface area contributed by atoms with Gasteiger partial charge in [-0.2, -0.15) is 0 Å². The number of aliphatic hydroxyl groups is 3. The molecule has 0 aromatic rings. The highest BCUT2D eigenvalue weighted by atomic mass is 16.5. The molecule has 0 radical (unpaired) electrons. The minimum atomic E-state index is -2.25. The summed E-state index contributed by atoms with van der Waals surface area (Å²) >= 11 is 0. The van der Waals surface area contributed by atoms with Gasteiger partial charge in [-0.05, 0) is 0 Å². The van der Waals surface area contributed by atoms with Crippen LogP contribution in [0.4, 0.5) is 4.79 Å². The highest BCUT2D eigenvalue weighted by Gasteiger charge is 2.25. The maximum Gasteiger partial charge on any atom is 0.327 e. The molecule has 4 N–H and O–H groups in total. The van der Waals surface area contributed by atoms with E-state index in [1.165, 1.54) is 7.05 Å². The molecule has 0 aliphatic carbocycles. The van der Waals surface area contributed by atoms with E-state index in [0.29, 0.717) is 0 Å². The molecule has 0 saturated heterocycles. The van der Waals surface area contributed by atoms with Gasteiger partial charge in [-0.1, -0.05) is 0 Å². The van der Waals surface area contributed by atoms with Gasteiger partial charge < -0.3 is 20.6 Å². The summed E-state index contributed by atoms with van der Waals surface area (Å²) in [6.45, 7) is -0.967. The zero-order chi connectivity index (χ0) is 9.72. The smallest absolute Gasteiger partial charge is 0.327 e. The van der Waals surface area contributed by atoms with Crippen LogP contribution < -0.4 is 5.32 Å². The second kappa shape index (κ2) is 4.65.